The first-order valence-corrected chi connectivity index (χ1v) is 11.1. The maximum Gasteiger partial charge on any atom is 0.305 e. The third-order valence-electron chi connectivity index (χ3n) is 4.29. The van der Waals surface area contributed by atoms with Crippen molar-refractivity contribution in [1.82, 2.24) is 4.90 Å². The van der Waals surface area contributed by atoms with E-state index >= 15 is 0 Å². The highest BCUT2D eigenvalue weighted by molar-refractivity contribution is 7.97. The molecule has 1 saturated heterocycles. The van der Waals surface area contributed by atoms with Gasteiger partial charge in [-0.05, 0) is 69.8 Å². The van der Waals surface area contributed by atoms with Gasteiger partial charge in [-0.25, -0.2) is 0 Å². The number of nitrogens with zero attached hydrogens (tertiary/aromatic N) is 1. The minimum atomic E-state index is -0.0980. The van der Waals surface area contributed by atoms with E-state index in [0.717, 1.165) is 31.6 Å². The molecule has 1 fully saturated rings. The Morgan fingerprint density at radius 3 is 2.22 bits per heavy atom. The summed E-state index contributed by atoms with van der Waals surface area (Å²) in [6.45, 7) is 12.2. The van der Waals surface area contributed by atoms with Gasteiger partial charge in [0.15, 0.2) is 0 Å². The first kappa shape index (κ1) is 25.5. The molecule has 0 N–H and O–H groups in total. The summed E-state index contributed by atoms with van der Waals surface area (Å²) in [6, 6.07) is 10.8. The molecule has 1 aromatic rings. The van der Waals surface area contributed by atoms with Crippen LogP contribution >= 0.6 is 11.8 Å². The van der Waals surface area contributed by atoms with Gasteiger partial charge >= 0.3 is 5.97 Å². The first-order valence-electron chi connectivity index (χ1n) is 9.50. The van der Waals surface area contributed by atoms with Gasteiger partial charge in [0.1, 0.15) is 0 Å². The molecule has 1 heterocycles. The lowest BCUT2D eigenvalue weighted by Gasteiger charge is -2.32. The number of methoxy groups -OCH3 is 1. The van der Waals surface area contributed by atoms with Crippen LogP contribution in [0.3, 0.4) is 0 Å². The molecule has 0 bridgehead atoms. The molecular formula is C23H37NO2S. The van der Waals surface area contributed by atoms with Gasteiger partial charge in [0, 0.05) is 6.42 Å². The molecule has 1 aromatic carbocycles. The van der Waals surface area contributed by atoms with E-state index < -0.39 is 0 Å². The second-order valence-electron chi connectivity index (χ2n) is 6.67. The quantitative estimate of drug-likeness (QED) is 0.470. The van der Waals surface area contributed by atoms with Gasteiger partial charge < -0.3 is 9.64 Å². The zero-order chi connectivity index (χ0) is 20.5. The largest absolute Gasteiger partial charge is 0.469 e. The fourth-order valence-electron chi connectivity index (χ4n) is 2.76. The van der Waals surface area contributed by atoms with Gasteiger partial charge in [0.2, 0.25) is 0 Å². The number of ether oxygens (including phenoxy) is 1. The van der Waals surface area contributed by atoms with Gasteiger partial charge in [0.05, 0.1) is 7.11 Å². The molecule has 3 nitrogen and oxygen atoms in total. The highest BCUT2D eigenvalue weighted by Gasteiger charge is 2.20. The SMILES string of the molecule is C=CC(=C)C.COC(=O)CCCN1CCC(c2ccccc2)CC1.CSC. The summed E-state index contributed by atoms with van der Waals surface area (Å²) in [5, 5.41) is 0. The van der Waals surface area contributed by atoms with Crippen molar-refractivity contribution >= 4 is 17.7 Å². The van der Waals surface area contributed by atoms with Gasteiger partial charge in [-0.15, -0.1) is 0 Å². The number of thioether (sulfide) groups is 1. The highest BCUT2D eigenvalue weighted by Crippen LogP contribution is 2.27. The van der Waals surface area contributed by atoms with Crippen LogP contribution in [0.2, 0.25) is 0 Å². The Morgan fingerprint density at radius 2 is 1.78 bits per heavy atom. The number of esters is 1. The summed E-state index contributed by atoms with van der Waals surface area (Å²) in [5.41, 5.74) is 2.49. The third-order valence-corrected chi connectivity index (χ3v) is 4.29. The number of rotatable bonds is 6. The molecule has 4 heteroatoms. The van der Waals surface area contributed by atoms with Crippen molar-refractivity contribution in [3.8, 4) is 0 Å². The summed E-state index contributed by atoms with van der Waals surface area (Å²) < 4.78 is 4.66. The molecule has 0 aliphatic carbocycles. The van der Waals surface area contributed by atoms with Crippen LogP contribution in [0.25, 0.3) is 0 Å². The van der Waals surface area contributed by atoms with E-state index in [-0.39, 0.29) is 5.97 Å². The third kappa shape index (κ3) is 13.3. The Bertz CT molecular complexity index is 522. The van der Waals surface area contributed by atoms with E-state index in [4.69, 9.17) is 0 Å². The minimum absolute atomic E-state index is 0.0980. The van der Waals surface area contributed by atoms with Crippen molar-refractivity contribution < 1.29 is 9.53 Å². The number of benzene rings is 1. The summed E-state index contributed by atoms with van der Waals surface area (Å²) in [6.07, 6.45) is 9.70. The fraction of sp³-hybridized carbons (Fsp3) is 0.522. The van der Waals surface area contributed by atoms with Crippen LogP contribution in [-0.2, 0) is 9.53 Å². The Morgan fingerprint density at radius 1 is 1.26 bits per heavy atom. The van der Waals surface area contributed by atoms with Gasteiger partial charge in [-0.3, -0.25) is 4.79 Å². The van der Waals surface area contributed by atoms with E-state index in [2.05, 4.69) is 53.1 Å². The van der Waals surface area contributed by atoms with Crippen molar-refractivity contribution in [3.63, 3.8) is 0 Å². The fourth-order valence-corrected chi connectivity index (χ4v) is 2.76. The summed E-state index contributed by atoms with van der Waals surface area (Å²) in [5.74, 6) is 0.609. The number of piperidine rings is 1. The van der Waals surface area contributed by atoms with Crippen LogP contribution in [0.1, 0.15) is 44.1 Å². The molecule has 0 saturated carbocycles. The van der Waals surface area contributed by atoms with E-state index in [0.29, 0.717) is 12.3 Å². The Hall–Kier alpha value is -1.52. The van der Waals surface area contributed by atoms with Crippen LogP contribution in [0.4, 0.5) is 0 Å². The van der Waals surface area contributed by atoms with E-state index in [1.54, 1.807) is 17.8 Å². The maximum atomic E-state index is 11.0. The summed E-state index contributed by atoms with van der Waals surface area (Å²) >= 11 is 1.75. The predicted molar refractivity (Wildman–Crippen MR) is 121 cm³/mol. The molecule has 27 heavy (non-hydrogen) atoms. The number of carbonyl (C=O) groups is 1. The van der Waals surface area contributed by atoms with Crippen molar-refractivity contribution in [2.24, 2.45) is 0 Å². The van der Waals surface area contributed by atoms with Crippen molar-refractivity contribution in [2.75, 3.05) is 39.3 Å². The maximum absolute atomic E-state index is 11.0. The number of allylic oxidation sites excluding steroid dienone is 2. The molecule has 0 radical (unpaired) electrons. The van der Waals surface area contributed by atoms with Gasteiger partial charge in [-0.2, -0.15) is 11.8 Å². The van der Waals surface area contributed by atoms with Gasteiger partial charge in [-0.1, -0.05) is 55.1 Å². The van der Waals surface area contributed by atoms with Gasteiger partial charge in [0.25, 0.3) is 0 Å². The molecule has 1 aliphatic rings. The lowest BCUT2D eigenvalue weighted by Crippen LogP contribution is -2.33. The van der Waals surface area contributed by atoms with Crippen molar-refractivity contribution in [2.45, 2.75) is 38.5 Å². The monoisotopic (exact) mass is 391 g/mol. The molecule has 0 atom stereocenters. The molecule has 1 aliphatic heterocycles. The number of carbonyl (C=O) groups excluding carboxylic acids is 1. The topological polar surface area (TPSA) is 29.5 Å². The summed E-state index contributed by atoms with van der Waals surface area (Å²) in [4.78, 5) is 13.5. The Labute approximate surface area is 170 Å². The molecule has 0 unspecified atom stereocenters. The molecule has 2 rings (SSSR count). The normalized spacial score (nSPS) is 14.1. The van der Waals surface area contributed by atoms with Crippen LogP contribution in [-0.4, -0.2) is 50.1 Å². The number of hydrogen-bond donors (Lipinski definition) is 0. The zero-order valence-electron chi connectivity index (χ0n) is 17.6. The van der Waals surface area contributed by atoms with Crippen LogP contribution in [0.15, 0.2) is 55.1 Å². The second kappa shape index (κ2) is 16.6. The van der Waals surface area contributed by atoms with Crippen molar-refractivity contribution in [1.29, 1.82) is 0 Å². The predicted octanol–water partition coefficient (Wildman–Crippen LogP) is 5.55. The zero-order valence-corrected chi connectivity index (χ0v) is 18.4. The summed E-state index contributed by atoms with van der Waals surface area (Å²) in [7, 11) is 1.45. The molecule has 0 amide bonds. The average Bonchev–Trinajstić information content (AvgIpc) is 2.70. The smallest absolute Gasteiger partial charge is 0.305 e. The molecule has 152 valence electrons. The lowest BCUT2D eigenvalue weighted by molar-refractivity contribution is -0.140. The lowest BCUT2D eigenvalue weighted by atomic mass is 9.89. The molecule has 0 spiro atoms. The molecule has 0 aromatic heterocycles. The number of likely N-dealkylation sites (tertiary alicyclic amines) is 1. The van der Waals surface area contributed by atoms with Crippen molar-refractivity contribution in [3.05, 3.63) is 60.7 Å². The minimum Gasteiger partial charge on any atom is -0.469 e. The van der Waals surface area contributed by atoms with E-state index in [1.165, 1.54) is 25.5 Å². The highest BCUT2D eigenvalue weighted by atomic mass is 32.2. The Kier molecular flexibility index (Phi) is 15.7. The van der Waals surface area contributed by atoms with E-state index in [9.17, 15) is 4.79 Å². The molecular weight excluding hydrogens is 354 g/mol. The van der Waals surface area contributed by atoms with E-state index in [1.807, 2.05) is 19.4 Å². The second-order valence-corrected chi connectivity index (χ2v) is 7.48. The standard InChI is InChI=1S/C16H23NO2.C5H8.C2H6S/c1-19-16(18)8-5-11-17-12-9-15(10-13-17)14-6-3-2-4-7-14;1-4-5(2)3;1-3-2/h2-4,6-7,15H,5,8-13H2,1H3;4H,1-2H2,3H3;1-2H3. The number of hydrogen-bond acceptors (Lipinski definition) is 4. The van der Waals surface area contributed by atoms with Crippen LogP contribution < -0.4 is 0 Å². The average molecular weight is 392 g/mol. The van der Waals surface area contributed by atoms with Crippen LogP contribution in [0.5, 0.6) is 0 Å². The first-order chi connectivity index (χ1) is 13.0. The van der Waals surface area contributed by atoms with Crippen LogP contribution in [0, 0.1) is 0 Å². The Balaban J connectivity index is 0.000000719.